The molecule has 0 unspecified atom stereocenters. The van der Waals surface area contributed by atoms with Crippen LogP contribution in [0, 0.1) is 0 Å². The van der Waals surface area contributed by atoms with Crippen molar-refractivity contribution < 1.29 is 9.84 Å². The van der Waals surface area contributed by atoms with Gasteiger partial charge in [0, 0.05) is 13.1 Å². The Morgan fingerprint density at radius 3 is 2.73 bits per heavy atom. The lowest BCUT2D eigenvalue weighted by Gasteiger charge is -2.15. The highest BCUT2D eigenvalue weighted by atomic mass is 35.5. The van der Waals surface area contributed by atoms with Gasteiger partial charge in [0.2, 0.25) is 0 Å². The van der Waals surface area contributed by atoms with Gasteiger partial charge in [0.15, 0.2) is 0 Å². The predicted octanol–water partition coefficient (Wildman–Crippen LogP) is 1.64. The van der Waals surface area contributed by atoms with Gasteiger partial charge in [0.25, 0.3) is 0 Å². The van der Waals surface area contributed by atoms with Gasteiger partial charge in [-0.05, 0) is 19.2 Å². The number of hydrogen-bond donors (Lipinski definition) is 1. The average molecular weight is 230 g/mol. The fraction of sp³-hybridized carbons (Fsp3) is 0.455. The van der Waals surface area contributed by atoms with E-state index < -0.39 is 0 Å². The second-order valence-corrected chi connectivity index (χ2v) is 3.71. The third-order valence-electron chi connectivity index (χ3n) is 2.05. The van der Waals surface area contributed by atoms with Gasteiger partial charge in [-0.2, -0.15) is 0 Å². The molecule has 0 spiro atoms. The first kappa shape index (κ1) is 12.3. The van der Waals surface area contributed by atoms with Crippen molar-refractivity contribution in [2.75, 3.05) is 33.4 Å². The molecule has 0 radical (unpaired) electrons. The van der Waals surface area contributed by atoms with E-state index in [9.17, 15) is 0 Å². The van der Waals surface area contributed by atoms with Gasteiger partial charge >= 0.3 is 0 Å². The van der Waals surface area contributed by atoms with E-state index in [1.54, 1.807) is 6.07 Å². The molecule has 1 aromatic rings. The van der Waals surface area contributed by atoms with E-state index in [1.165, 1.54) is 0 Å². The summed E-state index contributed by atoms with van der Waals surface area (Å²) < 4.78 is 5.50. The van der Waals surface area contributed by atoms with E-state index in [0.29, 0.717) is 23.9 Å². The summed E-state index contributed by atoms with van der Waals surface area (Å²) in [6.07, 6.45) is 0. The van der Waals surface area contributed by atoms with Gasteiger partial charge in [0.1, 0.15) is 12.4 Å². The molecule has 1 N–H and O–H groups in total. The van der Waals surface area contributed by atoms with Gasteiger partial charge in [-0.25, -0.2) is 0 Å². The average Bonchev–Trinajstić information content (AvgIpc) is 2.21. The highest BCUT2D eigenvalue weighted by Crippen LogP contribution is 2.22. The number of halogens is 1. The number of aliphatic hydroxyl groups is 1. The monoisotopic (exact) mass is 229 g/mol. The lowest BCUT2D eigenvalue weighted by Crippen LogP contribution is -2.27. The van der Waals surface area contributed by atoms with Crippen LogP contribution in [0.2, 0.25) is 5.02 Å². The van der Waals surface area contributed by atoms with Crippen LogP contribution in [0.1, 0.15) is 0 Å². The van der Waals surface area contributed by atoms with Crippen LogP contribution in [-0.4, -0.2) is 43.4 Å². The molecule has 0 bridgehead atoms. The molecule has 1 aromatic carbocycles. The summed E-state index contributed by atoms with van der Waals surface area (Å²) in [4.78, 5) is 2.00. The standard InChI is InChI=1S/C11H16ClNO2/c1-13(6-8-14)7-9-15-11-5-3-2-4-10(11)12/h2-5,14H,6-9H2,1H3. The zero-order chi connectivity index (χ0) is 11.1. The Morgan fingerprint density at radius 1 is 1.33 bits per heavy atom. The molecule has 0 saturated heterocycles. The van der Waals surface area contributed by atoms with Crippen LogP contribution in [0.3, 0.4) is 0 Å². The number of likely N-dealkylation sites (N-methyl/N-ethyl adjacent to an activating group) is 1. The van der Waals surface area contributed by atoms with Crippen molar-refractivity contribution in [3.05, 3.63) is 29.3 Å². The zero-order valence-corrected chi connectivity index (χ0v) is 9.57. The van der Waals surface area contributed by atoms with Crippen LogP contribution >= 0.6 is 11.6 Å². The van der Waals surface area contributed by atoms with Gasteiger partial charge in [-0.3, -0.25) is 0 Å². The van der Waals surface area contributed by atoms with Gasteiger partial charge in [-0.1, -0.05) is 23.7 Å². The molecule has 15 heavy (non-hydrogen) atoms. The maximum absolute atomic E-state index is 8.69. The Balaban J connectivity index is 2.29. The van der Waals surface area contributed by atoms with Crippen LogP contribution in [0.5, 0.6) is 5.75 Å². The van der Waals surface area contributed by atoms with E-state index in [-0.39, 0.29) is 6.61 Å². The number of para-hydroxylation sites is 1. The molecular formula is C11H16ClNO2. The van der Waals surface area contributed by atoms with Crippen LogP contribution in [0.4, 0.5) is 0 Å². The van der Waals surface area contributed by atoms with Crippen molar-refractivity contribution in [2.24, 2.45) is 0 Å². The third-order valence-corrected chi connectivity index (χ3v) is 2.36. The molecule has 0 aliphatic rings. The molecule has 3 nitrogen and oxygen atoms in total. The Morgan fingerprint density at radius 2 is 2.07 bits per heavy atom. The molecular weight excluding hydrogens is 214 g/mol. The van der Waals surface area contributed by atoms with Crippen molar-refractivity contribution in [3.63, 3.8) is 0 Å². The molecule has 0 saturated carbocycles. The molecule has 84 valence electrons. The van der Waals surface area contributed by atoms with Crippen LogP contribution < -0.4 is 4.74 Å². The molecule has 0 atom stereocenters. The van der Waals surface area contributed by atoms with E-state index in [4.69, 9.17) is 21.4 Å². The minimum atomic E-state index is 0.169. The first-order valence-corrected chi connectivity index (χ1v) is 5.28. The lowest BCUT2D eigenvalue weighted by atomic mass is 10.3. The third kappa shape index (κ3) is 4.51. The van der Waals surface area contributed by atoms with E-state index in [0.717, 1.165) is 6.54 Å². The zero-order valence-electron chi connectivity index (χ0n) is 8.82. The number of ether oxygens (including phenoxy) is 1. The van der Waals surface area contributed by atoms with Crippen molar-refractivity contribution >= 4 is 11.6 Å². The first-order valence-electron chi connectivity index (χ1n) is 4.91. The predicted molar refractivity (Wildman–Crippen MR) is 61.5 cm³/mol. The first-order chi connectivity index (χ1) is 7.24. The summed E-state index contributed by atoms with van der Waals surface area (Å²) in [6.45, 7) is 2.17. The number of benzene rings is 1. The second-order valence-electron chi connectivity index (χ2n) is 3.31. The smallest absolute Gasteiger partial charge is 0.137 e. The van der Waals surface area contributed by atoms with Crippen LogP contribution in [-0.2, 0) is 0 Å². The number of rotatable bonds is 6. The lowest BCUT2D eigenvalue weighted by molar-refractivity contribution is 0.192. The van der Waals surface area contributed by atoms with E-state index in [2.05, 4.69) is 0 Å². The summed E-state index contributed by atoms with van der Waals surface area (Å²) in [5.41, 5.74) is 0. The summed E-state index contributed by atoms with van der Waals surface area (Å²) >= 11 is 5.92. The minimum absolute atomic E-state index is 0.169. The summed E-state index contributed by atoms with van der Waals surface area (Å²) in [7, 11) is 1.94. The fourth-order valence-electron chi connectivity index (χ4n) is 1.16. The Kier molecular flexibility index (Phi) is 5.47. The van der Waals surface area contributed by atoms with Crippen LogP contribution in [0.25, 0.3) is 0 Å². The maximum Gasteiger partial charge on any atom is 0.137 e. The van der Waals surface area contributed by atoms with Crippen molar-refractivity contribution in [1.82, 2.24) is 4.90 Å². The SMILES string of the molecule is CN(CCO)CCOc1ccccc1Cl. The molecule has 0 fully saturated rings. The van der Waals surface area contributed by atoms with Gasteiger partial charge in [0.05, 0.1) is 11.6 Å². The Hall–Kier alpha value is -0.770. The Bertz CT molecular complexity index is 294. The summed E-state index contributed by atoms with van der Waals surface area (Å²) in [5, 5.41) is 9.32. The highest BCUT2D eigenvalue weighted by molar-refractivity contribution is 6.32. The van der Waals surface area contributed by atoms with Gasteiger partial charge in [-0.15, -0.1) is 0 Å². The number of aliphatic hydroxyl groups excluding tert-OH is 1. The molecule has 0 amide bonds. The second kappa shape index (κ2) is 6.67. The molecule has 0 heterocycles. The topological polar surface area (TPSA) is 32.7 Å². The summed E-state index contributed by atoms with van der Waals surface area (Å²) in [5.74, 6) is 0.705. The molecule has 0 aliphatic carbocycles. The molecule has 1 rings (SSSR count). The minimum Gasteiger partial charge on any atom is -0.491 e. The van der Waals surface area contributed by atoms with Crippen molar-refractivity contribution in [1.29, 1.82) is 0 Å². The largest absolute Gasteiger partial charge is 0.491 e. The van der Waals surface area contributed by atoms with Gasteiger partial charge < -0.3 is 14.7 Å². The van der Waals surface area contributed by atoms with E-state index in [1.807, 2.05) is 30.1 Å². The number of nitrogens with zero attached hydrogens (tertiary/aromatic N) is 1. The Labute approximate surface area is 95.2 Å². The normalized spacial score (nSPS) is 10.7. The molecule has 0 aromatic heterocycles. The van der Waals surface area contributed by atoms with E-state index >= 15 is 0 Å². The highest BCUT2D eigenvalue weighted by Gasteiger charge is 2.01. The molecule has 4 heteroatoms. The maximum atomic E-state index is 8.69. The summed E-state index contributed by atoms with van der Waals surface area (Å²) in [6, 6.07) is 7.40. The quantitative estimate of drug-likeness (QED) is 0.805. The van der Waals surface area contributed by atoms with Crippen LogP contribution in [0.15, 0.2) is 24.3 Å². The van der Waals surface area contributed by atoms with Crippen molar-refractivity contribution in [3.8, 4) is 5.75 Å². The molecule has 0 aliphatic heterocycles. The number of hydrogen-bond acceptors (Lipinski definition) is 3. The fourth-order valence-corrected chi connectivity index (χ4v) is 1.35. The van der Waals surface area contributed by atoms with Crippen molar-refractivity contribution in [2.45, 2.75) is 0 Å².